The van der Waals surface area contributed by atoms with E-state index in [1.54, 1.807) is 6.20 Å². The molecule has 1 unspecified atom stereocenters. The highest BCUT2D eigenvalue weighted by Gasteiger charge is 2.16. The van der Waals surface area contributed by atoms with E-state index >= 15 is 0 Å². The van der Waals surface area contributed by atoms with Crippen molar-refractivity contribution in [2.45, 2.75) is 37.3 Å². The topological polar surface area (TPSA) is 46.9 Å². The number of imidazole rings is 1. The predicted octanol–water partition coefficient (Wildman–Crippen LogP) is 3.35. The fraction of sp³-hybridized carbons (Fsp3) is 0.333. The van der Waals surface area contributed by atoms with Crippen molar-refractivity contribution in [2.24, 2.45) is 0 Å². The summed E-state index contributed by atoms with van der Waals surface area (Å²) >= 11 is 7.30. The highest BCUT2D eigenvalue weighted by Crippen LogP contribution is 2.21. The average molecular weight is 324 g/mol. The number of benzene rings is 1. The van der Waals surface area contributed by atoms with Gasteiger partial charge < -0.3 is 9.88 Å². The van der Waals surface area contributed by atoms with Gasteiger partial charge in [0.05, 0.1) is 5.25 Å². The number of hydrogen-bond acceptors (Lipinski definition) is 3. The minimum atomic E-state index is -0.190. The van der Waals surface area contributed by atoms with Crippen LogP contribution in [0.3, 0.4) is 0 Å². The van der Waals surface area contributed by atoms with Crippen molar-refractivity contribution in [1.82, 2.24) is 14.9 Å². The molecule has 1 heterocycles. The molecular weight excluding hydrogens is 306 g/mol. The fourth-order valence-corrected chi connectivity index (χ4v) is 2.88. The summed E-state index contributed by atoms with van der Waals surface area (Å²) in [6, 6.07) is 7.45. The lowest BCUT2D eigenvalue weighted by atomic mass is 10.2. The molecule has 0 aliphatic rings. The zero-order valence-electron chi connectivity index (χ0n) is 12.0. The number of halogens is 1. The third kappa shape index (κ3) is 4.51. The largest absolute Gasteiger partial charge is 0.351 e. The molecule has 6 heteroatoms. The molecule has 0 saturated carbocycles. The number of nitrogens with one attached hydrogen (secondary N) is 1. The first-order chi connectivity index (χ1) is 10.1. The standard InChI is InChI=1S/C15H18ClN3OS/c1-3-19-9-8-17-15(19)21-11(2)14(20)18-10-12-4-6-13(16)7-5-12/h4-9,11H,3,10H2,1-2H3,(H,18,20). The first kappa shape index (κ1) is 15.9. The van der Waals surface area contributed by atoms with Gasteiger partial charge in [0.1, 0.15) is 0 Å². The van der Waals surface area contributed by atoms with Gasteiger partial charge in [0.2, 0.25) is 5.91 Å². The zero-order chi connectivity index (χ0) is 15.2. The second kappa shape index (κ2) is 7.52. The number of rotatable bonds is 6. The molecule has 2 rings (SSSR count). The van der Waals surface area contributed by atoms with Crippen molar-refractivity contribution in [2.75, 3.05) is 0 Å². The van der Waals surface area contributed by atoms with Crippen LogP contribution in [0, 0.1) is 0 Å². The quantitative estimate of drug-likeness (QED) is 0.829. The molecule has 1 aromatic carbocycles. The lowest BCUT2D eigenvalue weighted by Gasteiger charge is -2.12. The van der Waals surface area contributed by atoms with Gasteiger partial charge in [0.15, 0.2) is 5.16 Å². The van der Waals surface area contributed by atoms with Crippen LogP contribution in [-0.4, -0.2) is 20.7 Å². The monoisotopic (exact) mass is 323 g/mol. The maximum Gasteiger partial charge on any atom is 0.233 e. The van der Waals surface area contributed by atoms with Crippen molar-refractivity contribution in [3.05, 3.63) is 47.2 Å². The third-order valence-electron chi connectivity index (χ3n) is 3.05. The number of carbonyl (C=O) groups excluding carboxylic acids is 1. The molecular formula is C15H18ClN3OS. The van der Waals surface area contributed by atoms with Crippen LogP contribution in [0.15, 0.2) is 41.8 Å². The molecule has 1 amide bonds. The van der Waals surface area contributed by atoms with E-state index in [-0.39, 0.29) is 11.2 Å². The Labute approximate surface area is 133 Å². The van der Waals surface area contributed by atoms with Gasteiger partial charge >= 0.3 is 0 Å². The molecule has 0 aliphatic carbocycles. The van der Waals surface area contributed by atoms with E-state index in [9.17, 15) is 4.79 Å². The molecule has 4 nitrogen and oxygen atoms in total. The number of aromatic nitrogens is 2. The summed E-state index contributed by atoms with van der Waals surface area (Å²) < 4.78 is 2.02. The molecule has 112 valence electrons. The SMILES string of the molecule is CCn1ccnc1SC(C)C(=O)NCc1ccc(Cl)cc1. The van der Waals surface area contributed by atoms with Crippen LogP contribution in [0.1, 0.15) is 19.4 Å². The summed E-state index contributed by atoms with van der Waals surface area (Å²) in [4.78, 5) is 16.4. The Morgan fingerprint density at radius 1 is 1.43 bits per heavy atom. The van der Waals surface area contributed by atoms with Crippen LogP contribution in [-0.2, 0) is 17.9 Å². The molecule has 0 spiro atoms. The van der Waals surface area contributed by atoms with Crippen LogP contribution in [0.5, 0.6) is 0 Å². The fourth-order valence-electron chi connectivity index (χ4n) is 1.80. The molecule has 0 bridgehead atoms. The molecule has 0 saturated heterocycles. The van der Waals surface area contributed by atoms with E-state index in [1.807, 2.05) is 42.0 Å². The van der Waals surface area contributed by atoms with Gasteiger partial charge in [-0.1, -0.05) is 35.5 Å². The van der Waals surface area contributed by atoms with Crippen LogP contribution in [0.4, 0.5) is 0 Å². The van der Waals surface area contributed by atoms with E-state index in [0.29, 0.717) is 11.6 Å². The smallest absolute Gasteiger partial charge is 0.233 e. The van der Waals surface area contributed by atoms with Crippen molar-refractivity contribution >= 4 is 29.3 Å². The molecule has 1 atom stereocenters. The third-order valence-corrected chi connectivity index (χ3v) is 4.42. The average Bonchev–Trinajstić information content (AvgIpc) is 2.93. The lowest BCUT2D eigenvalue weighted by Crippen LogP contribution is -2.30. The predicted molar refractivity (Wildman–Crippen MR) is 86.5 cm³/mol. The summed E-state index contributed by atoms with van der Waals surface area (Å²) in [5.74, 6) is 0.000558. The summed E-state index contributed by atoms with van der Waals surface area (Å²) in [6.45, 7) is 5.29. The number of carbonyl (C=O) groups is 1. The number of hydrogen-bond donors (Lipinski definition) is 1. The number of amides is 1. The van der Waals surface area contributed by atoms with E-state index in [2.05, 4.69) is 17.2 Å². The van der Waals surface area contributed by atoms with Gasteiger partial charge in [0, 0.05) is 30.5 Å². The Morgan fingerprint density at radius 3 is 2.81 bits per heavy atom. The van der Waals surface area contributed by atoms with Crippen LogP contribution in [0.2, 0.25) is 5.02 Å². The Morgan fingerprint density at radius 2 is 2.14 bits per heavy atom. The summed E-state index contributed by atoms with van der Waals surface area (Å²) in [7, 11) is 0. The summed E-state index contributed by atoms with van der Waals surface area (Å²) in [6.07, 6.45) is 3.67. The van der Waals surface area contributed by atoms with Crippen molar-refractivity contribution < 1.29 is 4.79 Å². The molecule has 2 aromatic rings. The first-order valence-electron chi connectivity index (χ1n) is 6.80. The molecule has 0 aliphatic heterocycles. The first-order valence-corrected chi connectivity index (χ1v) is 8.06. The maximum atomic E-state index is 12.1. The zero-order valence-corrected chi connectivity index (χ0v) is 13.6. The Bertz CT molecular complexity index is 597. The highest BCUT2D eigenvalue weighted by atomic mass is 35.5. The number of thioether (sulfide) groups is 1. The number of nitrogens with zero attached hydrogens (tertiary/aromatic N) is 2. The van der Waals surface area contributed by atoms with Gasteiger partial charge in [-0.25, -0.2) is 4.98 Å². The Kier molecular flexibility index (Phi) is 5.70. The van der Waals surface area contributed by atoms with Gasteiger partial charge in [-0.15, -0.1) is 0 Å². The minimum Gasteiger partial charge on any atom is -0.351 e. The van der Waals surface area contributed by atoms with Crippen molar-refractivity contribution in [3.63, 3.8) is 0 Å². The van der Waals surface area contributed by atoms with E-state index in [0.717, 1.165) is 17.3 Å². The maximum absolute atomic E-state index is 12.1. The second-order valence-electron chi connectivity index (χ2n) is 4.60. The van der Waals surface area contributed by atoms with E-state index in [1.165, 1.54) is 11.8 Å². The molecule has 1 aromatic heterocycles. The van der Waals surface area contributed by atoms with Gasteiger partial charge in [-0.05, 0) is 31.5 Å². The normalized spacial score (nSPS) is 12.1. The van der Waals surface area contributed by atoms with Crippen LogP contribution in [0.25, 0.3) is 0 Å². The summed E-state index contributed by atoms with van der Waals surface area (Å²) in [5.41, 5.74) is 1.03. The molecule has 1 N–H and O–H groups in total. The Hall–Kier alpha value is -1.46. The molecule has 21 heavy (non-hydrogen) atoms. The van der Waals surface area contributed by atoms with Gasteiger partial charge in [-0.3, -0.25) is 4.79 Å². The van der Waals surface area contributed by atoms with Gasteiger partial charge in [-0.2, -0.15) is 0 Å². The minimum absolute atomic E-state index is 0.000558. The van der Waals surface area contributed by atoms with Crippen molar-refractivity contribution in [3.8, 4) is 0 Å². The summed E-state index contributed by atoms with van der Waals surface area (Å²) in [5, 5.41) is 4.30. The molecule has 0 fully saturated rings. The highest BCUT2D eigenvalue weighted by molar-refractivity contribution is 8.00. The molecule has 0 radical (unpaired) electrons. The Balaban J connectivity index is 1.86. The number of aryl methyl sites for hydroxylation is 1. The van der Waals surface area contributed by atoms with E-state index in [4.69, 9.17) is 11.6 Å². The second-order valence-corrected chi connectivity index (χ2v) is 6.34. The van der Waals surface area contributed by atoms with E-state index < -0.39 is 0 Å². The van der Waals surface area contributed by atoms with Crippen molar-refractivity contribution in [1.29, 1.82) is 0 Å². The van der Waals surface area contributed by atoms with Gasteiger partial charge in [0.25, 0.3) is 0 Å². The van der Waals surface area contributed by atoms with Crippen LogP contribution < -0.4 is 5.32 Å². The lowest BCUT2D eigenvalue weighted by molar-refractivity contribution is -0.120. The van der Waals surface area contributed by atoms with Crippen LogP contribution >= 0.6 is 23.4 Å².